The zero-order chi connectivity index (χ0) is 15.5. The van der Waals surface area contributed by atoms with Gasteiger partial charge in [0, 0.05) is 24.1 Å². The highest BCUT2D eigenvalue weighted by Gasteiger charge is 2.29. The largest absolute Gasteiger partial charge is 0.389 e. The Balaban J connectivity index is 0.00000242. The molecule has 2 unspecified atom stereocenters. The lowest BCUT2D eigenvalue weighted by Crippen LogP contribution is -2.23. The third kappa shape index (κ3) is 5.50. The lowest BCUT2D eigenvalue weighted by molar-refractivity contribution is -0.133. The van der Waals surface area contributed by atoms with Crippen molar-refractivity contribution in [1.82, 2.24) is 0 Å². The number of carbonyl (C=O) groups is 1. The Bertz CT molecular complexity index is 508. The number of nitrogens with one attached hydrogen (secondary N) is 1. The topological polar surface area (TPSA) is 55.1 Å². The minimum absolute atomic E-state index is 0. The number of hydrogen-bond acceptors (Lipinski definition) is 2. The number of anilines is 1. The Morgan fingerprint density at radius 3 is 2.55 bits per heavy atom. The van der Waals surface area contributed by atoms with Crippen molar-refractivity contribution in [3.8, 4) is 0 Å². The van der Waals surface area contributed by atoms with E-state index in [1.807, 2.05) is 0 Å². The number of amides is 1. The molecule has 0 radical (unpaired) electrons. The number of benzene rings is 1. The molecule has 2 rings (SSSR count). The van der Waals surface area contributed by atoms with Crippen LogP contribution in [0.5, 0.6) is 0 Å². The molecule has 1 aliphatic rings. The van der Waals surface area contributed by atoms with E-state index in [0.29, 0.717) is 17.7 Å². The molecular formula is C15H20ClF3N2O. The van der Waals surface area contributed by atoms with Crippen LogP contribution in [0.4, 0.5) is 18.9 Å². The first-order valence-corrected chi connectivity index (χ1v) is 7.06. The molecule has 0 aromatic heterocycles. The van der Waals surface area contributed by atoms with E-state index in [9.17, 15) is 18.0 Å². The van der Waals surface area contributed by atoms with Crippen LogP contribution in [0.15, 0.2) is 24.3 Å². The van der Waals surface area contributed by atoms with Crippen molar-refractivity contribution < 1.29 is 18.0 Å². The molecule has 0 saturated heterocycles. The van der Waals surface area contributed by atoms with Gasteiger partial charge in [0.25, 0.3) is 0 Å². The number of para-hydroxylation sites is 1. The van der Waals surface area contributed by atoms with Gasteiger partial charge in [-0.1, -0.05) is 18.2 Å². The number of nitrogens with two attached hydrogens (primary N) is 1. The number of rotatable bonds is 4. The number of halogens is 4. The van der Waals surface area contributed by atoms with E-state index < -0.39 is 12.6 Å². The van der Waals surface area contributed by atoms with Crippen molar-refractivity contribution in [3.63, 3.8) is 0 Å². The van der Waals surface area contributed by atoms with Gasteiger partial charge in [-0.3, -0.25) is 4.79 Å². The Labute approximate surface area is 133 Å². The molecule has 2 atom stereocenters. The lowest BCUT2D eigenvalue weighted by Gasteiger charge is -2.15. The number of carbonyl (C=O) groups excluding carboxylic acids is 1. The fourth-order valence-corrected chi connectivity index (χ4v) is 2.63. The maximum absolute atomic E-state index is 12.3. The van der Waals surface area contributed by atoms with Crippen LogP contribution in [-0.2, 0) is 11.2 Å². The molecule has 1 aromatic carbocycles. The summed E-state index contributed by atoms with van der Waals surface area (Å²) in [5.74, 6) is -0.293. The summed E-state index contributed by atoms with van der Waals surface area (Å²) in [4.78, 5) is 12.1. The summed E-state index contributed by atoms with van der Waals surface area (Å²) in [6.45, 7) is 0. The van der Waals surface area contributed by atoms with Gasteiger partial charge in [-0.2, -0.15) is 13.2 Å². The number of hydrogen-bond donors (Lipinski definition) is 2. The van der Waals surface area contributed by atoms with Crippen molar-refractivity contribution in [2.45, 2.75) is 44.3 Å². The Morgan fingerprint density at radius 1 is 1.27 bits per heavy atom. The van der Waals surface area contributed by atoms with E-state index in [4.69, 9.17) is 5.73 Å². The standard InChI is InChI=1S/C15H19F3N2O.ClH/c16-15(17,18)8-7-10-3-1-2-4-13(10)20-14(21)11-5-6-12(19)9-11;/h1-4,11-12H,5-9,19H2,(H,20,21);1H. The number of aryl methyl sites for hydroxylation is 1. The van der Waals surface area contributed by atoms with E-state index in [1.54, 1.807) is 24.3 Å². The summed E-state index contributed by atoms with van der Waals surface area (Å²) in [6.07, 6.45) is -3.05. The van der Waals surface area contributed by atoms with Crippen molar-refractivity contribution in [2.75, 3.05) is 5.32 Å². The maximum atomic E-state index is 12.3. The molecule has 0 spiro atoms. The molecule has 22 heavy (non-hydrogen) atoms. The van der Waals surface area contributed by atoms with Crippen LogP contribution < -0.4 is 11.1 Å². The van der Waals surface area contributed by atoms with Crippen molar-refractivity contribution >= 4 is 24.0 Å². The normalized spacial score (nSPS) is 21.3. The molecule has 1 aliphatic carbocycles. The highest BCUT2D eigenvalue weighted by Crippen LogP contribution is 2.28. The van der Waals surface area contributed by atoms with Gasteiger partial charge in [0.1, 0.15) is 0 Å². The molecule has 1 aromatic rings. The first kappa shape index (κ1) is 18.8. The molecule has 1 amide bonds. The van der Waals surface area contributed by atoms with Crippen molar-refractivity contribution in [2.24, 2.45) is 11.7 Å². The van der Waals surface area contributed by atoms with Gasteiger partial charge in [0.2, 0.25) is 5.91 Å². The van der Waals surface area contributed by atoms with Crippen molar-refractivity contribution in [1.29, 1.82) is 0 Å². The summed E-state index contributed by atoms with van der Waals surface area (Å²) in [5.41, 5.74) is 6.75. The molecule has 1 saturated carbocycles. The third-order valence-electron chi connectivity index (χ3n) is 3.80. The summed E-state index contributed by atoms with van der Waals surface area (Å²) in [6, 6.07) is 6.67. The molecule has 0 heterocycles. The minimum atomic E-state index is -4.20. The fourth-order valence-electron chi connectivity index (χ4n) is 2.63. The zero-order valence-electron chi connectivity index (χ0n) is 12.0. The van der Waals surface area contributed by atoms with Gasteiger partial charge in [0.05, 0.1) is 0 Å². The average molecular weight is 337 g/mol. The second kappa shape index (κ2) is 7.83. The third-order valence-corrected chi connectivity index (χ3v) is 3.80. The van der Waals surface area contributed by atoms with Gasteiger partial charge in [0.15, 0.2) is 0 Å². The molecule has 1 fully saturated rings. The quantitative estimate of drug-likeness (QED) is 0.881. The highest BCUT2D eigenvalue weighted by atomic mass is 35.5. The van der Waals surface area contributed by atoms with Gasteiger partial charge < -0.3 is 11.1 Å². The molecule has 124 valence electrons. The second-order valence-electron chi connectivity index (χ2n) is 5.53. The highest BCUT2D eigenvalue weighted by molar-refractivity contribution is 5.93. The predicted octanol–water partition coefficient (Wildman–Crippen LogP) is 3.67. The smallest absolute Gasteiger partial charge is 0.328 e. The predicted molar refractivity (Wildman–Crippen MR) is 82.0 cm³/mol. The van der Waals surface area contributed by atoms with Gasteiger partial charge in [-0.15, -0.1) is 12.4 Å². The van der Waals surface area contributed by atoms with E-state index in [1.165, 1.54) is 0 Å². The van der Waals surface area contributed by atoms with Crippen LogP contribution in [0, 0.1) is 5.92 Å². The molecule has 3 nitrogen and oxygen atoms in total. The Hall–Kier alpha value is -1.27. The summed E-state index contributed by atoms with van der Waals surface area (Å²) in [5, 5.41) is 2.75. The second-order valence-corrected chi connectivity index (χ2v) is 5.53. The van der Waals surface area contributed by atoms with Gasteiger partial charge in [-0.25, -0.2) is 0 Å². The number of alkyl halides is 3. The van der Waals surface area contributed by atoms with E-state index in [-0.39, 0.29) is 36.7 Å². The molecule has 0 aliphatic heterocycles. The first-order chi connectivity index (χ1) is 9.85. The first-order valence-electron chi connectivity index (χ1n) is 7.06. The van der Waals surface area contributed by atoms with Crippen LogP contribution in [0.2, 0.25) is 0 Å². The Kier molecular flexibility index (Phi) is 6.68. The molecule has 7 heteroatoms. The monoisotopic (exact) mass is 336 g/mol. The average Bonchev–Trinajstić information content (AvgIpc) is 2.83. The van der Waals surface area contributed by atoms with Crippen LogP contribution in [0.25, 0.3) is 0 Å². The SMILES string of the molecule is Cl.NC1CCC(C(=O)Nc2ccccc2CCC(F)(F)F)C1. The van der Waals surface area contributed by atoms with Gasteiger partial charge in [-0.05, 0) is 37.3 Å². The molecule has 3 N–H and O–H groups in total. The van der Waals surface area contributed by atoms with Crippen LogP contribution in [0.3, 0.4) is 0 Å². The van der Waals surface area contributed by atoms with Crippen molar-refractivity contribution in [3.05, 3.63) is 29.8 Å². The lowest BCUT2D eigenvalue weighted by atomic mass is 10.0. The summed E-state index contributed by atoms with van der Waals surface area (Å²) >= 11 is 0. The Morgan fingerprint density at radius 2 is 1.95 bits per heavy atom. The molecule has 0 bridgehead atoms. The fraction of sp³-hybridized carbons (Fsp3) is 0.533. The van der Waals surface area contributed by atoms with E-state index in [2.05, 4.69) is 5.32 Å². The van der Waals surface area contributed by atoms with Crippen LogP contribution >= 0.6 is 12.4 Å². The summed E-state index contributed by atoms with van der Waals surface area (Å²) in [7, 11) is 0. The minimum Gasteiger partial charge on any atom is -0.328 e. The van der Waals surface area contributed by atoms with E-state index >= 15 is 0 Å². The summed E-state index contributed by atoms with van der Waals surface area (Å²) < 4.78 is 37.0. The zero-order valence-corrected chi connectivity index (χ0v) is 12.8. The maximum Gasteiger partial charge on any atom is 0.389 e. The van der Waals surface area contributed by atoms with Crippen LogP contribution in [0.1, 0.15) is 31.2 Å². The van der Waals surface area contributed by atoms with E-state index in [0.717, 1.165) is 12.8 Å². The molecular weight excluding hydrogens is 317 g/mol. The van der Waals surface area contributed by atoms with Gasteiger partial charge >= 0.3 is 6.18 Å². The van der Waals surface area contributed by atoms with Crippen LogP contribution in [-0.4, -0.2) is 18.1 Å².